The topological polar surface area (TPSA) is 62.9 Å². The fraction of sp³-hybridized carbons (Fsp3) is 0.941. The highest BCUT2D eigenvalue weighted by atomic mass is 16.5. The largest absolute Gasteiger partial charge is 0.376 e. The van der Waals surface area contributed by atoms with Gasteiger partial charge in [0.15, 0.2) is 5.96 Å². The van der Waals surface area contributed by atoms with Crippen molar-refractivity contribution in [1.82, 2.24) is 10.2 Å². The Kier molecular flexibility index (Phi) is 6.09. The van der Waals surface area contributed by atoms with Gasteiger partial charge in [-0.15, -0.1) is 0 Å². The van der Waals surface area contributed by atoms with E-state index in [0.717, 1.165) is 57.5 Å². The van der Waals surface area contributed by atoms with Crippen LogP contribution in [0.5, 0.6) is 0 Å². The molecule has 0 radical (unpaired) electrons. The second-order valence-electron chi connectivity index (χ2n) is 7.88. The summed E-state index contributed by atoms with van der Waals surface area (Å²) in [4.78, 5) is 7.14. The van der Waals surface area contributed by atoms with Crippen molar-refractivity contribution in [2.24, 2.45) is 22.6 Å². The van der Waals surface area contributed by atoms with Gasteiger partial charge in [0.25, 0.3) is 0 Å². The maximum Gasteiger partial charge on any atom is 0.188 e. The number of aliphatic imine (C=N–C) groups is 1. The van der Waals surface area contributed by atoms with E-state index in [1.54, 1.807) is 0 Å². The van der Waals surface area contributed by atoms with Crippen molar-refractivity contribution >= 4 is 5.96 Å². The van der Waals surface area contributed by atoms with Crippen LogP contribution in [0.15, 0.2) is 4.99 Å². The van der Waals surface area contributed by atoms with Crippen molar-refractivity contribution in [2.75, 3.05) is 32.8 Å². The van der Waals surface area contributed by atoms with E-state index < -0.39 is 0 Å². The molecular formula is C17H34N4O. The van der Waals surface area contributed by atoms with Crippen LogP contribution >= 0.6 is 0 Å². The zero-order valence-electron chi connectivity index (χ0n) is 14.8. The average molecular weight is 310 g/mol. The van der Waals surface area contributed by atoms with E-state index in [1.807, 2.05) is 0 Å². The molecule has 3 atom stereocenters. The van der Waals surface area contributed by atoms with Crippen LogP contribution in [0.3, 0.4) is 0 Å². The van der Waals surface area contributed by atoms with Crippen LogP contribution in [0.25, 0.3) is 0 Å². The van der Waals surface area contributed by atoms with Crippen LogP contribution in [-0.2, 0) is 4.74 Å². The Bertz CT molecular complexity index is 367. The van der Waals surface area contributed by atoms with Crippen molar-refractivity contribution in [3.8, 4) is 0 Å². The smallest absolute Gasteiger partial charge is 0.188 e. The molecule has 2 rings (SSSR count). The Morgan fingerprint density at radius 1 is 1.32 bits per heavy atom. The molecule has 3 N–H and O–H groups in total. The summed E-state index contributed by atoms with van der Waals surface area (Å²) in [6.45, 7) is 13.9. The first kappa shape index (κ1) is 17.5. The molecule has 5 nitrogen and oxygen atoms in total. The van der Waals surface area contributed by atoms with Gasteiger partial charge in [-0.05, 0) is 44.9 Å². The molecule has 0 amide bonds. The third-order valence-electron chi connectivity index (χ3n) is 4.90. The fourth-order valence-corrected chi connectivity index (χ4v) is 3.62. The summed E-state index contributed by atoms with van der Waals surface area (Å²) < 4.78 is 5.59. The van der Waals surface area contributed by atoms with Crippen molar-refractivity contribution in [3.05, 3.63) is 0 Å². The Morgan fingerprint density at radius 2 is 2.00 bits per heavy atom. The Morgan fingerprint density at radius 3 is 2.59 bits per heavy atom. The minimum absolute atomic E-state index is 0.0547. The van der Waals surface area contributed by atoms with Crippen molar-refractivity contribution in [1.29, 1.82) is 0 Å². The monoisotopic (exact) mass is 310 g/mol. The lowest BCUT2D eigenvalue weighted by Gasteiger charge is -2.44. The van der Waals surface area contributed by atoms with Gasteiger partial charge in [0.05, 0.1) is 12.6 Å². The molecule has 5 heteroatoms. The van der Waals surface area contributed by atoms with Crippen LogP contribution in [0.4, 0.5) is 0 Å². The predicted molar refractivity (Wildman–Crippen MR) is 92.1 cm³/mol. The van der Waals surface area contributed by atoms with Crippen LogP contribution in [0.1, 0.15) is 47.0 Å². The minimum Gasteiger partial charge on any atom is -0.376 e. The molecule has 0 spiro atoms. The fourth-order valence-electron chi connectivity index (χ4n) is 3.62. The maximum absolute atomic E-state index is 6.01. The SMILES string of the molecule is CC1CC(C)CN(C(C)(C)CN=C(N)NCC2CCCO2)C1. The van der Waals surface area contributed by atoms with E-state index in [0.29, 0.717) is 12.1 Å². The van der Waals surface area contributed by atoms with E-state index in [-0.39, 0.29) is 5.54 Å². The highest BCUT2D eigenvalue weighted by Crippen LogP contribution is 2.27. The summed E-state index contributed by atoms with van der Waals surface area (Å²) in [5.41, 5.74) is 6.06. The molecule has 128 valence electrons. The number of likely N-dealkylation sites (tertiary alicyclic amines) is 1. The lowest BCUT2D eigenvalue weighted by molar-refractivity contribution is 0.0512. The zero-order chi connectivity index (χ0) is 16.2. The lowest BCUT2D eigenvalue weighted by atomic mass is 9.88. The zero-order valence-corrected chi connectivity index (χ0v) is 14.8. The van der Waals surface area contributed by atoms with E-state index in [4.69, 9.17) is 10.5 Å². The number of guanidine groups is 1. The Hall–Kier alpha value is -0.810. The van der Waals surface area contributed by atoms with Crippen LogP contribution in [0.2, 0.25) is 0 Å². The maximum atomic E-state index is 6.01. The van der Waals surface area contributed by atoms with Gasteiger partial charge in [-0.3, -0.25) is 9.89 Å². The van der Waals surface area contributed by atoms with Crippen LogP contribution in [-0.4, -0.2) is 55.3 Å². The highest BCUT2D eigenvalue weighted by molar-refractivity contribution is 5.77. The molecule has 2 aliphatic heterocycles. The van der Waals surface area contributed by atoms with E-state index >= 15 is 0 Å². The number of rotatable bonds is 5. The normalized spacial score (nSPS) is 31.5. The number of ether oxygens (including phenoxy) is 1. The quantitative estimate of drug-likeness (QED) is 0.601. The summed E-state index contributed by atoms with van der Waals surface area (Å²) in [5.74, 6) is 2.07. The van der Waals surface area contributed by atoms with E-state index in [9.17, 15) is 0 Å². The first-order valence-electron chi connectivity index (χ1n) is 8.77. The van der Waals surface area contributed by atoms with Crippen molar-refractivity contribution in [2.45, 2.75) is 58.6 Å². The molecule has 0 aliphatic carbocycles. The molecule has 0 bridgehead atoms. The summed E-state index contributed by atoms with van der Waals surface area (Å²) in [6, 6.07) is 0. The Balaban J connectivity index is 1.80. The number of hydrogen-bond donors (Lipinski definition) is 2. The van der Waals surface area contributed by atoms with Gasteiger partial charge in [0.1, 0.15) is 0 Å². The summed E-state index contributed by atoms with van der Waals surface area (Å²) in [5, 5.41) is 3.20. The van der Waals surface area contributed by atoms with Crippen LogP contribution < -0.4 is 11.1 Å². The van der Waals surface area contributed by atoms with Crippen molar-refractivity contribution in [3.63, 3.8) is 0 Å². The first-order valence-corrected chi connectivity index (χ1v) is 8.77. The second-order valence-corrected chi connectivity index (χ2v) is 7.88. The molecule has 0 saturated carbocycles. The van der Waals surface area contributed by atoms with Gasteiger partial charge in [0, 0.05) is 31.8 Å². The molecule has 0 aromatic rings. The van der Waals surface area contributed by atoms with Gasteiger partial charge in [0.2, 0.25) is 0 Å². The molecule has 2 heterocycles. The standard InChI is InChI=1S/C17H34N4O/c1-13-8-14(2)11-21(10-13)17(3,4)12-20-16(18)19-9-15-6-5-7-22-15/h13-15H,5-12H2,1-4H3,(H3,18,19,20). The molecule has 2 fully saturated rings. The first-order chi connectivity index (χ1) is 10.4. The lowest BCUT2D eigenvalue weighted by Crippen LogP contribution is -2.53. The number of nitrogens with one attached hydrogen (secondary N) is 1. The second kappa shape index (κ2) is 7.64. The van der Waals surface area contributed by atoms with Crippen LogP contribution in [0, 0.1) is 11.8 Å². The Labute approximate surface area is 135 Å². The third-order valence-corrected chi connectivity index (χ3v) is 4.90. The third kappa shape index (κ3) is 5.13. The van der Waals surface area contributed by atoms with Crippen molar-refractivity contribution < 1.29 is 4.74 Å². The number of nitrogens with zero attached hydrogens (tertiary/aromatic N) is 2. The average Bonchev–Trinajstić information content (AvgIpc) is 2.95. The summed E-state index contributed by atoms with van der Waals surface area (Å²) in [6.07, 6.45) is 3.91. The molecule has 2 saturated heterocycles. The van der Waals surface area contributed by atoms with E-state index in [2.05, 4.69) is 42.9 Å². The highest BCUT2D eigenvalue weighted by Gasteiger charge is 2.32. The summed E-state index contributed by atoms with van der Waals surface area (Å²) >= 11 is 0. The molecule has 2 aliphatic rings. The number of nitrogens with two attached hydrogens (primary N) is 1. The van der Waals surface area contributed by atoms with Gasteiger partial charge in [-0.2, -0.15) is 0 Å². The molecule has 0 aromatic carbocycles. The molecule has 0 aromatic heterocycles. The predicted octanol–water partition coefficient (Wildman–Crippen LogP) is 1.83. The number of piperidine rings is 1. The van der Waals surface area contributed by atoms with Gasteiger partial charge < -0.3 is 15.8 Å². The van der Waals surface area contributed by atoms with Gasteiger partial charge in [-0.25, -0.2) is 0 Å². The molecule has 22 heavy (non-hydrogen) atoms. The minimum atomic E-state index is 0.0547. The number of hydrogen-bond acceptors (Lipinski definition) is 3. The molecular weight excluding hydrogens is 276 g/mol. The van der Waals surface area contributed by atoms with E-state index in [1.165, 1.54) is 6.42 Å². The van der Waals surface area contributed by atoms with Gasteiger partial charge in [-0.1, -0.05) is 13.8 Å². The summed E-state index contributed by atoms with van der Waals surface area (Å²) in [7, 11) is 0. The van der Waals surface area contributed by atoms with Gasteiger partial charge >= 0.3 is 0 Å². The molecule has 3 unspecified atom stereocenters.